The van der Waals surface area contributed by atoms with E-state index in [-0.39, 0.29) is 11.9 Å². The van der Waals surface area contributed by atoms with Crippen molar-refractivity contribution in [1.82, 2.24) is 5.32 Å². The summed E-state index contributed by atoms with van der Waals surface area (Å²) in [4.78, 5) is 11.7. The molecule has 1 heterocycles. The van der Waals surface area contributed by atoms with Crippen LogP contribution in [-0.2, 0) is 0 Å². The van der Waals surface area contributed by atoms with Gasteiger partial charge in [0.2, 0.25) is 0 Å². The highest BCUT2D eigenvalue weighted by molar-refractivity contribution is 5.93. The minimum Gasteiger partial charge on any atom is -0.472 e. The number of carbonyl (C=O) groups excluding carboxylic acids is 1. The van der Waals surface area contributed by atoms with E-state index in [2.05, 4.69) is 5.32 Å². The zero-order valence-electron chi connectivity index (χ0n) is 9.01. The lowest BCUT2D eigenvalue weighted by Gasteiger charge is -2.13. The Kier molecular flexibility index (Phi) is 3.05. The van der Waals surface area contributed by atoms with Crippen LogP contribution in [0, 0.1) is 0 Å². The first-order valence-electron chi connectivity index (χ1n) is 5.15. The van der Waals surface area contributed by atoms with Crippen molar-refractivity contribution in [1.29, 1.82) is 0 Å². The average molecular weight is 215 g/mol. The Hall–Kier alpha value is -2.03. The van der Waals surface area contributed by atoms with Crippen molar-refractivity contribution in [3.05, 3.63) is 60.1 Å². The van der Waals surface area contributed by atoms with Crippen LogP contribution in [0.3, 0.4) is 0 Å². The molecule has 0 spiro atoms. The zero-order chi connectivity index (χ0) is 11.4. The number of amides is 1. The van der Waals surface area contributed by atoms with Crippen molar-refractivity contribution in [2.45, 2.75) is 13.0 Å². The summed E-state index contributed by atoms with van der Waals surface area (Å²) in [7, 11) is 0. The van der Waals surface area contributed by atoms with E-state index in [4.69, 9.17) is 4.42 Å². The van der Waals surface area contributed by atoms with Crippen molar-refractivity contribution in [3.8, 4) is 0 Å². The quantitative estimate of drug-likeness (QED) is 0.855. The van der Waals surface area contributed by atoms with Gasteiger partial charge in [-0.05, 0) is 18.6 Å². The molecule has 3 heteroatoms. The van der Waals surface area contributed by atoms with E-state index in [9.17, 15) is 4.79 Å². The first-order chi connectivity index (χ1) is 7.77. The van der Waals surface area contributed by atoms with Crippen LogP contribution >= 0.6 is 0 Å². The van der Waals surface area contributed by atoms with Gasteiger partial charge >= 0.3 is 0 Å². The molecular formula is C13H13NO2. The topological polar surface area (TPSA) is 42.2 Å². The van der Waals surface area contributed by atoms with E-state index in [1.54, 1.807) is 6.07 Å². The standard InChI is InChI=1S/C13H13NO2/c1-10(11-5-3-2-4-6-11)14-13(15)12-7-8-16-9-12/h2-10H,1H3,(H,14,15)/t10-/m0/s1. The Balaban J connectivity index is 2.03. The third-order valence-electron chi connectivity index (χ3n) is 2.43. The fourth-order valence-electron chi connectivity index (χ4n) is 1.50. The maximum atomic E-state index is 11.7. The molecule has 1 amide bonds. The highest BCUT2D eigenvalue weighted by Gasteiger charge is 2.11. The number of furan rings is 1. The Bertz CT molecular complexity index is 448. The highest BCUT2D eigenvalue weighted by Crippen LogP contribution is 2.12. The van der Waals surface area contributed by atoms with Crippen LogP contribution in [0.5, 0.6) is 0 Å². The number of hydrogen-bond acceptors (Lipinski definition) is 2. The summed E-state index contributed by atoms with van der Waals surface area (Å²) >= 11 is 0. The molecule has 82 valence electrons. The van der Waals surface area contributed by atoms with E-state index < -0.39 is 0 Å². The maximum Gasteiger partial charge on any atom is 0.255 e. The number of benzene rings is 1. The Morgan fingerprint density at radius 1 is 1.25 bits per heavy atom. The van der Waals surface area contributed by atoms with Gasteiger partial charge in [-0.1, -0.05) is 30.3 Å². The van der Waals surface area contributed by atoms with Gasteiger partial charge in [0, 0.05) is 0 Å². The van der Waals surface area contributed by atoms with Crippen LogP contribution in [0.1, 0.15) is 28.9 Å². The van der Waals surface area contributed by atoms with E-state index in [0.29, 0.717) is 5.56 Å². The highest BCUT2D eigenvalue weighted by atomic mass is 16.3. The average Bonchev–Trinajstić information content (AvgIpc) is 2.83. The predicted octanol–water partition coefficient (Wildman–Crippen LogP) is 2.77. The molecule has 16 heavy (non-hydrogen) atoms. The fraction of sp³-hybridized carbons (Fsp3) is 0.154. The van der Waals surface area contributed by atoms with Gasteiger partial charge < -0.3 is 9.73 Å². The Labute approximate surface area is 94.1 Å². The maximum absolute atomic E-state index is 11.7. The van der Waals surface area contributed by atoms with Crippen molar-refractivity contribution in [3.63, 3.8) is 0 Å². The molecule has 0 fully saturated rings. The van der Waals surface area contributed by atoms with Gasteiger partial charge in [-0.2, -0.15) is 0 Å². The molecule has 1 atom stereocenters. The van der Waals surface area contributed by atoms with Crippen LogP contribution in [0.2, 0.25) is 0 Å². The zero-order valence-corrected chi connectivity index (χ0v) is 9.01. The summed E-state index contributed by atoms with van der Waals surface area (Å²) in [5, 5.41) is 2.90. The molecule has 0 unspecified atom stereocenters. The van der Waals surface area contributed by atoms with Crippen molar-refractivity contribution < 1.29 is 9.21 Å². The molecule has 3 nitrogen and oxygen atoms in total. The number of carbonyl (C=O) groups is 1. The van der Waals surface area contributed by atoms with Crippen molar-refractivity contribution >= 4 is 5.91 Å². The van der Waals surface area contributed by atoms with E-state index in [1.807, 2.05) is 37.3 Å². The van der Waals surface area contributed by atoms with Gasteiger partial charge in [-0.15, -0.1) is 0 Å². The smallest absolute Gasteiger partial charge is 0.255 e. The van der Waals surface area contributed by atoms with Gasteiger partial charge in [0.05, 0.1) is 17.9 Å². The van der Waals surface area contributed by atoms with E-state index >= 15 is 0 Å². The molecule has 0 radical (unpaired) electrons. The lowest BCUT2D eigenvalue weighted by Crippen LogP contribution is -2.26. The van der Waals surface area contributed by atoms with Crippen LogP contribution in [0.4, 0.5) is 0 Å². The van der Waals surface area contributed by atoms with Crippen molar-refractivity contribution in [2.75, 3.05) is 0 Å². The minimum atomic E-state index is -0.120. The summed E-state index contributed by atoms with van der Waals surface area (Å²) in [6.45, 7) is 1.95. The Morgan fingerprint density at radius 3 is 2.62 bits per heavy atom. The van der Waals surface area contributed by atoms with Crippen LogP contribution < -0.4 is 5.32 Å². The molecule has 0 saturated heterocycles. The predicted molar refractivity (Wildman–Crippen MR) is 61.0 cm³/mol. The molecule has 0 aliphatic rings. The molecule has 2 aromatic rings. The molecule has 0 bridgehead atoms. The van der Waals surface area contributed by atoms with Gasteiger partial charge in [0.15, 0.2) is 0 Å². The summed E-state index contributed by atoms with van der Waals surface area (Å²) in [6, 6.07) is 11.5. The molecule has 1 aromatic heterocycles. The first-order valence-corrected chi connectivity index (χ1v) is 5.15. The third-order valence-corrected chi connectivity index (χ3v) is 2.43. The van der Waals surface area contributed by atoms with Gasteiger partial charge in [-0.3, -0.25) is 4.79 Å². The summed E-state index contributed by atoms with van der Waals surface area (Å²) in [5.74, 6) is -0.120. The first kappa shape index (κ1) is 10.5. The molecule has 0 aliphatic carbocycles. The summed E-state index contributed by atoms with van der Waals surface area (Å²) in [6.07, 6.45) is 2.93. The normalized spacial score (nSPS) is 12.1. The molecule has 1 aromatic carbocycles. The van der Waals surface area contributed by atoms with Crippen LogP contribution in [-0.4, -0.2) is 5.91 Å². The van der Waals surface area contributed by atoms with Crippen LogP contribution in [0.15, 0.2) is 53.3 Å². The van der Waals surface area contributed by atoms with Gasteiger partial charge in [0.25, 0.3) is 5.91 Å². The lowest BCUT2D eigenvalue weighted by molar-refractivity contribution is 0.0939. The molecule has 2 rings (SSSR count). The SMILES string of the molecule is C[C@H](NC(=O)c1ccoc1)c1ccccc1. The van der Waals surface area contributed by atoms with Gasteiger partial charge in [0.1, 0.15) is 6.26 Å². The third kappa shape index (κ3) is 2.31. The fourth-order valence-corrected chi connectivity index (χ4v) is 1.50. The number of nitrogens with one attached hydrogen (secondary N) is 1. The second-order valence-electron chi connectivity index (χ2n) is 3.62. The monoisotopic (exact) mass is 215 g/mol. The van der Waals surface area contributed by atoms with E-state index in [1.165, 1.54) is 12.5 Å². The second-order valence-corrected chi connectivity index (χ2v) is 3.62. The molecule has 0 aliphatic heterocycles. The lowest BCUT2D eigenvalue weighted by atomic mass is 10.1. The van der Waals surface area contributed by atoms with E-state index in [0.717, 1.165) is 5.56 Å². The molecule has 1 N–H and O–H groups in total. The van der Waals surface area contributed by atoms with Crippen LogP contribution in [0.25, 0.3) is 0 Å². The Morgan fingerprint density at radius 2 is 2.00 bits per heavy atom. The number of hydrogen-bond donors (Lipinski definition) is 1. The molecule has 0 saturated carbocycles. The second kappa shape index (κ2) is 4.66. The largest absolute Gasteiger partial charge is 0.472 e. The number of rotatable bonds is 3. The van der Waals surface area contributed by atoms with Crippen molar-refractivity contribution in [2.24, 2.45) is 0 Å². The van der Waals surface area contributed by atoms with Gasteiger partial charge in [-0.25, -0.2) is 0 Å². The molecular weight excluding hydrogens is 202 g/mol. The minimum absolute atomic E-state index is 0.0106. The summed E-state index contributed by atoms with van der Waals surface area (Å²) < 4.78 is 4.86. The summed E-state index contributed by atoms with van der Waals surface area (Å²) in [5.41, 5.74) is 1.63.